The van der Waals surface area contributed by atoms with Crippen molar-refractivity contribution in [1.29, 1.82) is 0 Å². The van der Waals surface area contributed by atoms with Gasteiger partial charge in [-0.25, -0.2) is 9.59 Å². The van der Waals surface area contributed by atoms with Crippen molar-refractivity contribution in [3.63, 3.8) is 0 Å². The van der Waals surface area contributed by atoms with Crippen LogP contribution in [0.5, 0.6) is 5.75 Å². The maximum Gasteiger partial charge on any atom is 0.408 e. The van der Waals surface area contributed by atoms with E-state index in [1.807, 2.05) is 91.0 Å². The lowest BCUT2D eigenvalue weighted by molar-refractivity contribution is -0.149. The van der Waals surface area contributed by atoms with Gasteiger partial charge in [0.2, 0.25) is 5.91 Å². The number of phenols is 1. The van der Waals surface area contributed by atoms with Crippen molar-refractivity contribution in [3.8, 4) is 5.75 Å². The zero-order chi connectivity index (χ0) is 30.3. The second kappa shape index (κ2) is 16.6. The molecule has 0 saturated heterocycles. The highest BCUT2D eigenvalue weighted by Crippen LogP contribution is 2.15. The van der Waals surface area contributed by atoms with E-state index in [1.165, 1.54) is 23.9 Å². The molecule has 0 fully saturated rings. The predicted molar refractivity (Wildman–Crippen MR) is 166 cm³/mol. The van der Waals surface area contributed by atoms with Gasteiger partial charge in [0.1, 0.15) is 31.0 Å². The molecule has 2 amide bonds. The summed E-state index contributed by atoms with van der Waals surface area (Å²) in [5.74, 6) is -0.205. The summed E-state index contributed by atoms with van der Waals surface area (Å²) in [7, 11) is 0. The first-order valence-corrected chi connectivity index (χ1v) is 15.0. The first kappa shape index (κ1) is 31.2. The topological polar surface area (TPSA) is 114 Å². The average Bonchev–Trinajstić information content (AvgIpc) is 3.04. The Kier molecular flexibility index (Phi) is 12.1. The van der Waals surface area contributed by atoms with Crippen LogP contribution in [0.25, 0.3) is 0 Å². The van der Waals surface area contributed by atoms with E-state index >= 15 is 0 Å². The Hall–Kier alpha value is -4.76. The summed E-state index contributed by atoms with van der Waals surface area (Å²) in [5, 5.41) is 15.1. The van der Waals surface area contributed by atoms with Gasteiger partial charge in [-0.15, -0.1) is 0 Å². The quantitative estimate of drug-likeness (QED) is 0.167. The molecule has 0 unspecified atom stereocenters. The molecule has 0 spiro atoms. The van der Waals surface area contributed by atoms with Crippen LogP contribution in [0.2, 0.25) is 0 Å². The molecule has 43 heavy (non-hydrogen) atoms. The molecule has 0 bridgehead atoms. The summed E-state index contributed by atoms with van der Waals surface area (Å²) in [6.07, 6.45) is -0.617. The first-order valence-electron chi connectivity index (χ1n) is 13.8. The van der Waals surface area contributed by atoms with Crippen LogP contribution in [0, 0.1) is 0 Å². The van der Waals surface area contributed by atoms with Crippen LogP contribution in [0.3, 0.4) is 0 Å². The Morgan fingerprint density at radius 3 is 1.74 bits per heavy atom. The monoisotopic (exact) mass is 598 g/mol. The number of benzene rings is 4. The van der Waals surface area contributed by atoms with Crippen molar-refractivity contribution in [1.82, 2.24) is 10.6 Å². The molecule has 8 nitrogen and oxygen atoms in total. The van der Waals surface area contributed by atoms with Crippen LogP contribution in [0.4, 0.5) is 4.79 Å². The maximum atomic E-state index is 13.6. The van der Waals surface area contributed by atoms with Gasteiger partial charge in [-0.1, -0.05) is 103 Å². The number of thioether (sulfide) groups is 1. The zero-order valence-electron chi connectivity index (χ0n) is 23.6. The fourth-order valence-electron chi connectivity index (χ4n) is 4.12. The molecule has 0 heterocycles. The molecule has 4 aromatic rings. The van der Waals surface area contributed by atoms with Crippen LogP contribution in [-0.2, 0) is 44.5 Å². The number of rotatable bonds is 14. The molecule has 0 radical (unpaired) electrons. The van der Waals surface area contributed by atoms with Crippen molar-refractivity contribution < 1.29 is 29.0 Å². The molecule has 9 heteroatoms. The van der Waals surface area contributed by atoms with Gasteiger partial charge in [0.15, 0.2) is 0 Å². The van der Waals surface area contributed by atoms with Gasteiger partial charge in [0.05, 0.1) is 0 Å². The van der Waals surface area contributed by atoms with Crippen molar-refractivity contribution in [2.45, 2.75) is 37.5 Å². The summed E-state index contributed by atoms with van der Waals surface area (Å²) in [5.41, 5.74) is 3.41. The van der Waals surface area contributed by atoms with Crippen LogP contribution < -0.4 is 10.6 Å². The number of amides is 2. The molecule has 3 N–H and O–H groups in total. The van der Waals surface area contributed by atoms with E-state index in [9.17, 15) is 19.5 Å². The highest BCUT2D eigenvalue weighted by molar-refractivity contribution is 7.98. The molecular weight excluding hydrogens is 564 g/mol. The molecular formula is C34H34N2O6S. The Balaban J connectivity index is 1.45. The van der Waals surface area contributed by atoms with Crippen molar-refractivity contribution in [2.24, 2.45) is 0 Å². The third-order valence-electron chi connectivity index (χ3n) is 6.42. The summed E-state index contributed by atoms with van der Waals surface area (Å²) in [6.45, 7) is 0.0928. The van der Waals surface area contributed by atoms with Crippen LogP contribution in [0.1, 0.15) is 22.3 Å². The van der Waals surface area contributed by atoms with Crippen LogP contribution in [0.15, 0.2) is 115 Å². The lowest BCUT2D eigenvalue weighted by Gasteiger charge is -2.23. The van der Waals surface area contributed by atoms with Gasteiger partial charge in [0, 0.05) is 17.9 Å². The summed E-state index contributed by atoms with van der Waals surface area (Å²) >= 11 is 1.47. The second-order valence-electron chi connectivity index (χ2n) is 9.78. The first-order chi connectivity index (χ1) is 21.0. The minimum absolute atomic E-state index is 0.0437. The molecule has 222 valence electrons. The number of phenolic OH excluding ortho intramolecular Hbond substituents is 1. The number of hydrogen-bond acceptors (Lipinski definition) is 7. The smallest absolute Gasteiger partial charge is 0.408 e. The Morgan fingerprint density at radius 2 is 1.16 bits per heavy atom. The number of carbonyl (C=O) groups excluding carboxylic acids is 3. The van der Waals surface area contributed by atoms with Crippen LogP contribution in [-0.4, -0.2) is 40.9 Å². The Morgan fingerprint density at radius 1 is 0.628 bits per heavy atom. The molecule has 4 aromatic carbocycles. The van der Waals surface area contributed by atoms with Gasteiger partial charge in [-0.3, -0.25) is 4.79 Å². The fourth-order valence-corrected chi connectivity index (χ4v) is 5.14. The van der Waals surface area contributed by atoms with E-state index in [2.05, 4.69) is 10.6 Å². The fraction of sp³-hybridized carbons (Fsp3) is 0.206. The number of nitrogens with one attached hydrogen (secondary N) is 2. The van der Waals surface area contributed by atoms with E-state index < -0.39 is 30.1 Å². The van der Waals surface area contributed by atoms with Gasteiger partial charge in [-0.2, -0.15) is 11.8 Å². The van der Waals surface area contributed by atoms with E-state index in [0.717, 1.165) is 16.7 Å². The normalized spacial score (nSPS) is 12.0. The van der Waals surface area contributed by atoms with E-state index in [0.29, 0.717) is 11.3 Å². The lowest BCUT2D eigenvalue weighted by Crippen LogP contribution is -2.53. The van der Waals surface area contributed by atoms with E-state index in [-0.39, 0.29) is 31.1 Å². The van der Waals surface area contributed by atoms with Crippen LogP contribution >= 0.6 is 11.8 Å². The van der Waals surface area contributed by atoms with Crippen molar-refractivity contribution in [2.75, 3.05) is 5.75 Å². The van der Waals surface area contributed by atoms with E-state index in [4.69, 9.17) is 9.47 Å². The lowest BCUT2D eigenvalue weighted by atomic mass is 10.1. The molecule has 0 aliphatic heterocycles. The Labute approximate surface area is 255 Å². The summed E-state index contributed by atoms with van der Waals surface area (Å²) in [6, 6.07) is 32.6. The summed E-state index contributed by atoms with van der Waals surface area (Å²) in [4.78, 5) is 39.5. The minimum Gasteiger partial charge on any atom is -0.508 e. The maximum absolute atomic E-state index is 13.6. The van der Waals surface area contributed by atoms with Crippen molar-refractivity contribution in [3.05, 3.63) is 138 Å². The number of esters is 1. The number of ether oxygens (including phenoxy) is 2. The van der Waals surface area contributed by atoms with Gasteiger partial charge >= 0.3 is 12.1 Å². The number of carbonyl (C=O) groups is 3. The standard InChI is InChI=1S/C34H34N2O6S/c37-29-18-16-25(17-19-29)20-30(33(39)41-21-26-10-4-1-5-11-26)35-32(38)31(24-43-23-28-14-8-3-9-15-28)36-34(40)42-22-27-12-6-2-7-13-27/h1-19,30-31,37H,20-24H2,(H,35,38)(H,36,40)/t30-,31+/m0/s1. The van der Waals surface area contributed by atoms with Gasteiger partial charge in [-0.05, 0) is 34.4 Å². The third kappa shape index (κ3) is 10.9. The molecule has 0 aliphatic rings. The minimum atomic E-state index is -1.04. The Bertz CT molecular complexity index is 1440. The third-order valence-corrected chi connectivity index (χ3v) is 7.52. The van der Waals surface area contributed by atoms with Gasteiger partial charge < -0.3 is 25.2 Å². The molecule has 0 aromatic heterocycles. The SMILES string of the molecule is O=C(N[C@H](CSCc1ccccc1)C(=O)N[C@@H](Cc1ccc(O)cc1)C(=O)OCc1ccccc1)OCc1ccccc1. The molecule has 2 atom stereocenters. The largest absolute Gasteiger partial charge is 0.508 e. The highest BCUT2D eigenvalue weighted by atomic mass is 32.2. The summed E-state index contributed by atoms with van der Waals surface area (Å²) < 4.78 is 10.9. The average molecular weight is 599 g/mol. The van der Waals surface area contributed by atoms with Crippen molar-refractivity contribution >= 4 is 29.7 Å². The molecule has 0 aliphatic carbocycles. The highest BCUT2D eigenvalue weighted by Gasteiger charge is 2.28. The number of hydrogen-bond donors (Lipinski definition) is 3. The number of aromatic hydroxyl groups is 1. The van der Waals surface area contributed by atoms with E-state index in [1.54, 1.807) is 12.1 Å². The van der Waals surface area contributed by atoms with Gasteiger partial charge in [0.25, 0.3) is 0 Å². The molecule has 4 rings (SSSR count). The molecule has 0 saturated carbocycles. The second-order valence-corrected chi connectivity index (χ2v) is 10.8. The zero-order valence-corrected chi connectivity index (χ0v) is 24.4. The predicted octanol–water partition coefficient (Wildman–Crippen LogP) is 5.39. The number of alkyl carbamates (subject to hydrolysis) is 1.